The number of amides is 2. The van der Waals surface area contributed by atoms with Crippen molar-refractivity contribution in [2.24, 2.45) is 7.05 Å². The second-order valence-corrected chi connectivity index (χ2v) is 5.05. The Balaban J connectivity index is 1.90. The molecule has 7 heteroatoms. The topological polar surface area (TPSA) is 96.2 Å². The fraction of sp³-hybridized carbons (Fsp3) is 0.312. The third kappa shape index (κ3) is 4.93. The third-order valence-electron chi connectivity index (χ3n) is 3.26. The number of hydrogen-bond donors (Lipinski definition) is 3. The predicted molar refractivity (Wildman–Crippen MR) is 86.0 cm³/mol. The quantitative estimate of drug-likeness (QED) is 0.701. The minimum atomic E-state index is -0.389. The lowest BCUT2D eigenvalue weighted by Gasteiger charge is -2.05. The van der Waals surface area contributed by atoms with Gasteiger partial charge in [-0.25, -0.2) is 0 Å². The van der Waals surface area contributed by atoms with E-state index >= 15 is 0 Å². The Morgan fingerprint density at radius 2 is 2.00 bits per heavy atom. The van der Waals surface area contributed by atoms with Crippen LogP contribution < -0.4 is 10.6 Å². The first-order valence-corrected chi connectivity index (χ1v) is 7.37. The Morgan fingerprint density at radius 3 is 2.70 bits per heavy atom. The van der Waals surface area contributed by atoms with Gasteiger partial charge in [-0.2, -0.15) is 5.10 Å². The summed E-state index contributed by atoms with van der Waals surface area (Å²) in [5.41, 5.74) is 1.29. The van der Waals surface area contributed by atoms with Gasteiger partial charge in [-0.05, 0) is 12.0 Å². The van der Waals surface area contributed by atoms with Crippen LogP contribution in [-0.2, 0) is 18.3 Å². The summed E-state index contributed by atoms with van der Waals surface area (Å²) in [6.45, 7) is 0.0236. The number of rotatable bonds is 7. The molecule has 0 saturated carbocycles. The molecular weight excluding hydrogens is 296 g/mol. The maximum absolute atomic E-state index is 12.0. The summed E-state index contributed by atoms with van der Waals surface area (Å²) in [6.07, 6.45) is 0.996. The number of nitrogens with one attached hydrogen (secondary N) is 2. The van der Waals surface area contributed by atoms with Crippen LogP contribution in [0.2, 0.25) is 0 Å². The second-order valence-electron chi connectivity index (χ2n) is 5.05. The van der Waals surface area contributed by atoms with Crippen LogP contribution in [0.4, 0.5) is 5.82 Å². The van der Waals surface area contributed by atoms with Gasteiger partial charge in [0.05, 0.1) is 6.61 Å². The number of carbonyl (C=O) groups excluding carboxylic acids is 2. The molecular formula is C16H20N4O3. The molecule has 0 fully saturated rings. The molecule has 2 aromatic rings. The fourth-order valence-electron chi connectivity index (χ4n) is 2.06. The smallest absolute Gasteiger partial charge is 0.271 e. The van der Waals surface area contributed by atoms with E-state index in [9.17, 15) is 9.59 Å². The molecule has 0 radical (unpaired) electrons. The number of benzene rings is 1. The van der Waals surface area contributed by atoms with Gasteiger partial charge in [-0.15, -0.1) is 0 Å². The van der Waals surface area contributed by atoms with Crippen LogP contribution >= 0.6 is 0 Å². The molecule has 2 amide bonds. The molecule has 0 aliphatic carbocycles. The first kappa shape index (κ1) is 16.7. The molecule has 1 aromatic carbocycles. The van der Waals surface area contributed by atoms with Crippen molar-refractivity contribution in [1.29, 1.82) is 0 Å². The lowest BCUT2D eigenvalue weighted by Crippen LogP contribution is -2.26. The van der Waals surface area contributed by atoms with Gasteiger partial charge >= 0.3 is 0 Å². The first-order chi connectivity index (χ1) is 11.1. The van der Waals surface area contributed by atoms with E-state index in [-0.39, 0.29) is 30.7 Å². The van der Waals surface area contributed by atoms with Crippen molar-refractivity contribution >= 4 is 17.6 Å². The van der Waals surface area contributed by atoms with Crippen LogP contribution in [0.15, 0.2) is 36.4 Å². The molecule has 7 nitrogen and oxygen atoms in total. The SMILES string of the molecule is Cn1nc(C(=O)NCCO)cc1NC(=O)CCc1ccccc1. The summed E-state index contributed by atoms with van der Waals surface area (Å²) in [6, 6.07) is 11.3. The summed E-state index contributed by atoms with van der Waals surface area (Å²) in [4.78, 5) is 23.8. The second kappa shape index (κ2) is 8.09. The summed E-state index contributed by atoms with van der Waals surface area (Å²) in [5, 5.41) is 18.0. The molecule has 23 heavy (non-hydrogen) atoms. The van der Waals surface area contributed by atoms with Crippen LogP contribution in [-0.4, -0.2) is 39.9 Å². The van der Waals surface area contributed by atoms with Crippen LogP contribution in [0.25, 0.3) is 0 Å². The highest BCUT2D eigenvalue weighted by Gasteiger charge is 2.14. The average Bonchev–Trinajstić information content (AvgIpc) is 2.92. The zero-order valence-corrected chi connectivity index (χ0v) is 13.0. The molecule has 0 aliphatic rings. The highest BCUT2D eigenvalue weighted by atomic mass is 16.3. The Hall–Kier alpha value is -2.67. The van der Waals surface area contributed by atoms with E-state index in [2.05, 4.69) is 15.7 Å². The van der Waals surface area contributed by atoms with E-state index in [1.54, 1.807) is 7.05 Å². The standard InChI is InChI=1S/C16H20N4O3/c1-20-14(11-13(19-20)16(23)17-9-10-21)18-15(22)8-7-12-5-3-2-4-6-12/h2-6,11,21H,7-10H2,1H3,(H,17,23)(H,18,22). The number of hydrogen-bond acceptors (Lipinski definition) is 4. The molecule has 1 heterocycles. The van der Waals surface area contributed by atoms with E-state index < -0.39 is 0 Å². The average molecular weight is 316 g/mol. The molecule has 122 valence electrons. The molecule has 0 bridgehead atoms. The number of aliphatic hydroxyl groups is 1. The van der Waals surface area contributed by atoms with Crippen molar-refractivity contribution in [3.8, 4) is 0 Å². The third-order valence-corrected chi connectivity index (χ3v) is 3.26. The Morgan fingerprint density at radius 1 is 1.26 bits per heavy atom. The summed E-state index contributed by atoms with van der Waals surface area (Å²) < 4.78 is 1.44. The van der Waals surface area contributed by atoms with Crippen molar-refractivity contribution in [2.45, 2.75) is 12.8 Å². The van der Waals surface area contributed by atoms with E-state index in [1.807, 2.05) is 30.3 Å². The Labute approximate surface area is 134 Å². The van der Waals surface area contributed by atoms with Gasteiger partial charge < -0.3 is 15.7 Å². The Bertz CT molecular complexity index is 667. The molecule has 0 spiro atoms. The molecule has 0 saturated heterocycles. The number of carbonyl (C=O) groups is 2. The first-order valence-electron chi connectivity index (χ1n) is 7.37. The summed E-state index contributed by atoms with van der Waals surface area (Å²) in [7, 11) is 1.65. The van der Waals surface area contributed by atoms with E-state index in [0.29, 0.717) is 18.7 Å². The molecule has 3 N–H and O–H groups in total. The van der Waals surface area contributed by atoms with Crippen molar-refractivity contribution in [2.75, 3.05) is 18.5 Å². The predicted octanol–water partition coefficient (Wildman–Crippen LogP) is 0.713. The zero-order valence-electron chi connectivity index (χ0n) is 13.0. The number of anilines is 1. The molecule has 2 rings (SSSR count). The largest absolute Gasteiger partial charge is 0.395 e. The highest BCUT2D eigenvalue weighted by molar-refractivity contribution is 5.95. The lowest BCUT2D eigenvalue weighted by molar-refractivity contribution is -0.116. The number of aryl methyl sites for hydroxylation is 2. The maximum Gasteiger partial charge on any atom is 0.271 e. The van der Waals surface area contributed by atoms with Gasteiger partial charge in [0.15, 0.2) is 5.69 Å². The highest BCUT2D eigenvalue weighted by Crippen LogP contribution is 2.10. The number of nitrogens with zero attached hydrogens (tertiary/aromatic N) is 2. The van der Waals surface area contributed by atoms with E-state index in [1.165, 1.54) is 10.7 Å². The van der Waals surface area contributed by atoms with Gasteiger partial charge in [0.25, 0.3) is 5.91 Å². The van der Waals surface area contributed by atoms with Gasteiger partial charge in [-0.3, -0.25) is 14.3 Å². The lowest BCUT2D eigenvalue weighted by atomic mass is 10.1. The zero-order chi connectivity index (χ0) is 16.7. The van der Waals surface area contributed by atoms with Gasteiger partial charge in [0.2, 0.25) is 5.91 Å². The number of aliphatic hydroxyl groups excluding tert-OH is 1. The number of aromatic nitrogens is 2. The van der Waals surface area contributed by atoms with Crippen LogP contribution in [0.1, 0.15) is 22.5 Å². The monoisotopic (exact) mass is 316 g/mol. The van der Waals surface area contributed by atoms with Crippen molar-refractivity contribution in [1.82, 2.24) is 15.1 Å². The summed E-state index contributed by atoms with van der Waals surface area (Å²) in [5.74, 6) is -0.0733. The molecule has 0 aliphatic heterocycles. The fourth-order valence-corrected chi connectivity index (χ4v) is 2.06. The van der Waals surface area contributed by atoms with Crippen LogP contribution in [0, 0.1) is 0 Å². The minimum absolute atomic E-state index is 0.137. The summed E-state index contributed by atoms with van der Waals surface area (Å²) >= 11 is 0. The normalized spacial score (nSPS) is 10.3. The van der Waals surface area contributed by atoms with Gasteiger partial charge in [0, 0.05) is 26.1 Å². The molecule has 0 unspecified atom stereocenters. The van der Waals surface area contributed by atoms with Crippen molar-refractivity contribution < 1.29 is 14.7 Å². The van der Waals surface area contributed by atoms with E-state index in [4.69, 9.17) is 5.11 Å². The van der Waals surface area contributed by atoms with Crippen LogP contribution in [0.5, 0.6) is 0 Å². The van der Waals surface area contributed by atoms with E-state index in [0.717, 1.165) is 5.56 Å². The Kier molecular flexibility index (Phi) is 5.87. The van der Waals surface area contributed by atoms with Crippen molar-refractivity contribution in [3.05, 3.63) is 47.7 Å². The van der Waals surface area contributed by atoms with Crippen LogP contribution in [0.3, 0.4) is 0 Å². The molecule has 0 atom stereocenters. The maximum atomic E-state index is 12.0. The van der Waals surface area contributed by atoms with Crippen molar-refractivity contribution in [3.63, 3.8) is 0 Å². The van der Waals surface area contributed by atoms with Gasteiger partial charge in [-0.1, -0.05) is 30.3 Å². The minimum Gasteiger partial charge on any atom is -0.395 e. The van der Waals surface area contributed by atoms with Gasteiger partial charge in [0.1, 0.15) is 5.82 Å². The molecule has 1 aromatic heterocycles.